The summed E-state index contributed by atoms with van der Waals surface area (Å²) in [5.74, 6) is -0.595. The van der Waals surface area contributed by atoms with Crippen molar-refractivity contribution in [3.63, 3.8) is 0 Å². The van der Waals surface area contributed by atoms with Crippen LogP contribution in [0.25, 0.3) is 0 Å². The molecule has 0 spiro atoms. The van der Waals surface area contributed by atoms with Crippen LogP contribution in [-0.2, 0) is 33.3 Å². The second-order valence-electron chi connectivity index (χ2n) is 6.31. The molecule has 9 heteroatoms. The molecule has 1 amide bonds. The van der Waals surface area contributed by atoms with Gasteiger partial charge in [0.25, 0.3) is 0 Å². The first-order valence-electron chi connectivity index (χ1n) is 8.49. The summed E-state index contributed by atoms with van der Waals surface area (Å²) in [5, 5.41) is 2.66. The van der Waals surface area contributed by atoms with Crippen LogP contribution >= 0.6 is 0 Å². The van der Waals surface area contributed by atoms with Gasteiger partial charge in [-0.3, -0.25) is 14.4 Å². The number of carbonyl (C=O) groups excluding carboxylic acids is 3. The predicted molar refractivity (Wildman–Crippen MR) is 90.9 cm³/mol. The lowest BCUT2D eigenvalue weighted by molar-refractivity contribution is -0.202. The first kappa shape index (κ1) is 19.1. The highest BCUT2D eigenvalue weighted by atomic mass is 16.8. The lowest BCUT2D eigenvalue weighted by Crippen LogP contribution is -2.51. The molecular formula is C18H21NO8. The minimum atomic E-state index is -0.742. The van der Waals surface area contributed by atoms with Crippen LogP contribution in [0.4, 0.5) is 5.69 Å². The van der Waals surface area contributed by atoms with Gasteiger partial charge in [-0.05, 0) is 24.3 Å². The molecule has 5 atom stereocenters. The molecule has 2 aliphatic heterocycles. The SMILES string of the molecule is CC(=O)Nc1ccc(O[C@H]2O[C@H](COC(C)=O)[C@@H](OC(C)=O)C3O[C@H]32)cc1. The first-order chi connectivity index (χ1) is 12.8. The molecule has 146 valence electrons. The van der Waals surface area contributed by atoms with Crippen molar-refractivity contribution in [2.24, 2.45) is 0 Å². The standard InChI is InChI=1S/C18H21NO8/c1-9(20)19-12-4-6-13(7-5-12)25-18-17-16(27-17)15(24-11(3)22)14(26-18)8-23-10(2)21/h4-7,14-18H,8H2,1-3H3,(H,19,20)/t14-,15-,16?,17-,18+/m1/s1. The number of epoxide rings is 1. The molecule has 1 aromatic rings. The zero-order chi connectivity index (χ0) is 19.6. The van der Waals surface area contributed by atoms with Crippen LogP contribution in [0.1, 0.15) is 20.8 Å². The minimum absolute atomic E-state index is 0.0822. The Balaban J connectivity index is 1.65. The van der Waals surface area contributed by atoms with E-state index in [1.165, 1.54) is 20.8 Å². The number of carbonyl (C=O) groups is 3. The third kappa shape index (κ3) is 4.95. The summed E-state index contributed by atoms with van der Waals surface area (Å²) in [5.41, 5.74) is 0.641. The fraction of sp³-hybridized carbons (Fsp3) is 0.500. The third-order valence-corrected chi connectivity index (χ3v) is 4.01. The maximum absolute atomic E-state index is 11.3. The number of amides is 1. The van der Waals surface area contributed by atoms with Crippen molar-refractivity contribution >= 4 is 23.5 Å². The van der Waals surface area contributed by atoms with E-state index in [1.807, 2.05) is 0 Å². The fourth-order valence-electron chi connectivity index (χ4n) is 2.88. The molecule has 2 fully saturated rings. The van der Waals surface area contributed by atoms with Gasteiger partial charge in [-0.15, -0.1) is 0 Å². The molecule has 2 aliphatic rings. The van der Waals surface area contributed by atoms with E-state index in [9.17, 15) is 14.4 Å². The summed E-state index contributed by atoms with van der Waals surface area (Å²) in [7, 11) is 0. The summed E-state index contributed by atoms with van der Waals surface area (Å²) < 4.78 is 27.5. The summed E-state index contributed by atoms with van der Waals surface area (Å²) in [6.07, 6.45) is -2.89. The predicted octanol–water partition coefficient (Wildman–Crippen LogP) is 1.01. The number of fused-ring (bicyclic) bond motifs is 1. The lowest BCUT2D eigenvalue weighted by atomic mass is 10.0. The molecule has 1 unspecified atom stereocenters. The van der Waals surface area contributed by atoms with Crippen LogP contribution in [0, 0.1) is 0 Å². The van der Waals surface area contributed by atoms with E-state index >= 15 is 0 Å². The van der Waals surface area contributed by atoms with Crippen molar-refractivity contribution in [1.82, 2.24) is 0 Å². The average molecular weight is 379 g/mol. The van der Waals surface area contributed by atoms with E-state index in [0.29, 0.717) is 11.4 Å². The topological polar surface area (TPSA) is 113 Å². The molecule has 1 N–H and O–H groups in total. The number of benzene rings is 1. The van der Waals surface area contributed by atoms with Gasteiger partial charge in [-0.1, -0.05) is 0 Å². The number of ether oxygens (including phenoxy) is 5. The molecule has 0 radical (unpaired) electrons. The average Bonchev–Trinajstić information content (AvgIpc) is 3.37. The van der Waals surface area contributed by atoms with Crippen LogP contribution in [0.2, 0.25) is 0 Å². The van der Waals surface area contributed by atoms with Gasteiger partial charge in [-0.25, -0.2) is 0 Å². The summed E-state index contributed by atoms with van der Waals surface area (Å²) in [4.78, 5) is 33.5. The normalized spacial score (nSPS) is 28.5. The van der Waals surface area contributed by atoms with Crippen LogP contribution < -0.4 is 10.1 Å². The van der Waals surface area contributed by atoms with Crippen molar-refractivity contribution in [2.45, 2.75) is 51.5 Å². The van der Waals surface area contributed by atoms with Crippen LogP contribution in [0.5, 0.6) is 5.75 Å². The molecular weight excluding hydrogens is 358 g/mol. The minimum Gasteiger partial charge on any atom is -0.463 e. The molecule has 0 bridgehead atoms. The highest BCUT2D eigenvalue weighted by Gasteiger charge is 2.61. The van der Waals surface area contributed by atoms with E-state index in [-0.39, 0.29) is 18.6 Å². The van der Waals surface area contributed by atoms with Crippen LogP contribution in [-0.4, -0.2) is 55.2 Å². The molecule has 2 saturated heterocycles. The Morgan fingerprint density at radius 3 is 2.30 bits per heavy atom. The molecule has 0 aliphatic carbocycles. The monoisotopic (exact) mass is 379 g/mol. The number of nitrogens with one attached hydrogen (secondary N) is 1. The molecule has 27 heavy (non-hydrogen) atoms. The van der Waals surface area contributed by atoms with E-state index in [1.54, 1.807) is 24.3 Å². The van der Waals surface area contributed by atoms with Crippen molar-refractivity contribution in [2.75, 3.05) is 11.9 Å². The Morgan fingerprint density at radius 1 is 1.00 bits per heavy atom. The van der Waals surface area contributed by atoms with Crippen LogP contribution in [0.3, 0.4) is 0 Å². The molecule has 0 saturated carbocycles. The quantitative estimate of drug-likeness (QED) is 0.576. The Hall–Kier alpha value is -2.65. The zero-order valence-corrected chi connectivity index (χ0v) is 15.2. The number of hydrogen-bond donors (Lipinski definition) is 1. The van der Waals surface area contributed by atoms with Crippen molar-refractivity contribution in [1.29, 1.82) is 0 Å². The Bertz CT molecular complexity index is 719. The van der Waals surface area contributed by atoms with Gasteiger partial charge < -0.3 is 29.0 Å². The summed E-state index contributed by atoms with van der Waals surface area (Å²) >= 11 is 0. The van der Waals surface area contributed by atoms with E-state index in [4.69, 9.17) is 23.7 Å². The Labute approximate surface area is 155 Å². The molecule has 3 rings (SSSR count). The van der Waals surface area contributed by atoms with Gasteiger partial charge in [0.05, 0.1) is 0 Å². The maximum atomic E-state index is 11.3. The highest BCUT2D eigenvalue weighted by molar-refractivity contribution is 5.88. The Kier molecular flexibility index (Phi) is 5.62. The van der Waals surface area contributed by atoms with Crippen molar-refractivity contribution in [3.8, 4) is 5.75 Å². The fourth-order valence-corrected chi connectivity index (χ4v) is 2.88. The largest absolute Gasteiger partial charge is 0.463 e. The smallest absolute Gasteiger partial charge is 0.303 e. The van der Waals surface area contributed by atoms with Crippen molar-refractivity contribution in [3.05, 3.63) is 24.3 Å². The van der Waals surface area contributed by atoms with Gasteiger partial charge in [0, 0.05) is 26.5 Å². The van der Waals surface area contributed by atoms with E-state index in [2.05, 4.69) is 5.32 Å². The van der Waals surface area contributed by atoms with E-state index < -0.39 is 36.5 Å². The summed E-state index contributed by atoms with van der Waals surface area (Å²) in [6, 6.07) is 6.77. The van der Waals surface area contributed by atoms with Gasteiger partial charge in [0.2, 0.25) is 12.2 Å². The molecule has 0 aromatic heterocycles. The highest BCUT2D eigenvalue weighted by Crippen LogP contribution is 2.40. The number of hydrogen-bond acceptors (Lipinski definition) is 8. The first-order valence-corrected chi connectivity index (χ1v) is 8.49. The zero-order valence-electron chi connectivity index (χ0n) is 15.2. The van der Waals surface area contributed by atoms with Gasteiger partial charge in [-0.2, -0.15) is 0 Å². The number of anilines is 1. The maximum Gasteiger partial charge on any atom is 0.303 e. The van der Waals surface area contributed by atoms with Gasteiger partial charge in [0.1, 0.15) is 24.6 Å². The number of esters is 2. The van der Waals surface area contributed by atoms with Gasteiger partial charge in [0.15, 0.2) is 12.2 Å². The molecule has 2 heterocycles. The van der Waals surface area contributed by atoms with Crippen LogP contribution in [0.15, 0.2) is 24.3 Å². The molecule has 1 aromatic carbocycles. The third-order valence-electron chi connectivity index (χ3n) is 4.01. The van der Waals surface area contributed by atoms with Crippen molar-refractivity contribution < 1.29 is 38.1 Å². The lowest BCUT2D eigenvalue weighted by Gasteiger charge is -2.32. The number of rotatable bonds is 6. The van der Waals surface area contributed by atoms with Gasteiger partial charge >= 0.3 is 11.9 Å². The second-order valence-corrected chi connectivity index (χ2v) is 6.31. The summed E-state index contributed by atoms with van der Waals surface area (Å²) in [6.45, 7) is 3.92. The van der Waals surface area contributed by atoms with E-state index in [0.717, 1.165) is 0 Å². The second kappa shape index (κ2) is 7.93. The Morgan fingerprint density at radius 2 is 1.70 bits per heavy atom. The molecule has 9 nitrogen and oxygen atoms in total.